The van der Waals surface area contributed by atoms with Gasteiger partial charge < -0.3 is 14.2 Å². The first-order valence-electron chi connectivity index (χ1n) is 7.56. The van der Waals surface area contributed by atoms with Crippen molar-refractivity contribution in [2.75, 3.05) is 39.6 Å². The molecule has 0 amide bonds. The van der Waals surface area contributed by atoms with Crippen LogP contribution in [0.4, 0.5) is 0 Å². The summed E-state index contributed by atoms with van der Waals surface area (Å²) in [5.74, 6) is 0.339. The lowest BCUT2D eigenvalue weighted by Crippen LogP contribution is -2.10. The van der Waals surface area contributed by atoms with E-state index in [1.807, 2.05) is 6.92 Å². The monoisotopic (exact) mass is 274 g/mol. The first kappa shape index (κ1) is 18.6. The quantitative estimate of drug-likeness (QED) is 0.431. The maximum absolute atomic E-state index is 11.2. The zero-order valence-corrected chi connectivity index (χ0v) is 12.6. The molecule has 0 heterocycles. The van der Waals surface area contributed by atoms with Crippen molar-refractivity contribution in [3.05, 3.63) is 0 Å². The summed E-state index contributed by atoms with van der Waals surface area (Å²) in [5, 5.41) is 0. The van der Waals surface area contributed by atoms with Gasteiger partial charge in [-0.1, -0.05) is 20.3 Å². The molecule has 0 aromatic carbocycles. The van der Waals surface area contributed by atoms with Gasteiger partial charge in [0, 0.05) is 26.1 Å². The molecule has 0 aromatic heterocycles. The Morgan fingerprint density at radius 3 is 1.74 bits per heavy atom. The first-order valence-corrected chi connectivity index (χ1v) is 7.56. The molecule has 0 aliphatic heterocycles. The van der Waals surface area contributed by atoms with Crippen molar-refractivity contribution in [2.24, 2.45) is 0 Å². The Morgan fingerprint density at radius 2 is 1.21 bits per heavy atom. The van der Waals surface area contributed by atoms with E-state index >= 15 is 0 Å². The van der Waals surface area contributed by atoms with Gasteiger partial charge in [0.25, 0.3) is 0 Å². The number of carbonyl (C=O) groups excluding carboxylic acids is 1. The van der Waals surface area contributed by atoms with Crippen molar-refractivity contribution in [1.29, 1.82) is 0 Å². The van der Waals surface area contributed by atoms with Crippen LogP contribution in [0.1, 0.15) is 52.4 Å². The standard InChI is InChI=1S/C15H30O4/c1-3-5-9-17-11-13-19-14-12-18-10-6-8-15(16)7-4-2/h3-14H2,1-2H3. The molecule has 0 fully saturated rings. The number of rotatable bonds is 15. The van der Waals surface area contributed by atoms with E-state index in [1.165, 1.54) is 0 Å². The van der Waals surface area contributed by atoms with Gasteiger partial charge in [0.2, 0.25) is 0 Å². The molecule has 0 spiro atoms. The van der Waals surface area contributed by atoms with E-state index < -0.39 is 0 Å². The summed E-state index contributed by atoms with van der Waals surface area (Å²) in [5.41, 5.74) is 0. The zero-order chi connectivity index (χ0) is 14.2. The SMILES string of the molecule is CCCCOCCOCCOCCCC(=O)CCC. The van der Waals surface area contributed by atoms with Crippen LogP contribution in [0.15, 0.2) is 0 Å². The van der Waals surface area contributed by atoms with Gasteiger partial charge in [-0.05, 0) is 19.3 Å². The third-order valence-electron chi connectivity index (χ3n) is 2.66. The van der Waals surface area contributed by atoms with Gasteiger partial charge in [0.15, 0.2) is 0 Å². The number of Topliss-reactive ketones (excluding diaryl/α,β-unsaturated/α-hetero) is 1. The lowest BCUT2D eigenvalue weighted by Gasteiger charge is -2.06. The summed E-state index contributed by atoms with van der Waals surface area (Å²) >= 11 is 0. The largest absolute Gasteiger partial charge is 0.379 e. The number of ketones is 1. The predicted octanol–water partition coefficient (Wildman–Crippen LogP) is 2.99. The van der Waals surface area contributed by atoms with Gasteiger partial charge in [-0.15, -0.1) is 0 Å². The molecular weight excluding hydrogens is 244 g/mol. The average Bonchev–Trinajstić information content (AvgIpc) is 2.40. The summed E-state index contributed by atoms with van der Waals surface area (Å²) in [7, 11) is 0. The van der Waals surface area contributed by atoms with Crippen molar-refractivity contribution < 1.29 is 19.0 Å². The number of carbonyl (C=O) groups is 1. The molecule has 0 atom stereocenters. The van der Waals surface area contributed by atoms with Gasteiger partial charge in [0.1, 0.15) is 5.78 Å². The van der Waals surface area contributed by atoms with Crippen LogP contribution in [-0.2, 0) is 19.0 Å². The minimum atomic E-state index is 0.339. The highest BCUT2D eigenvalue weighted by Gasteiger charge is 1.99. The maximum atomic E-state index is 11.2. The lowest BCUT2D eigenvalue weighted by atomic mass is 10.1. The van der Waals surface area contributed by atoms with Gasteiger partial charge in [-0.2, -0.15) is 0 Å². The molecule has 0 saturated heterocycles. The van der Waals surface area contributed by atoms with E-state index in [-0.39, 0.29) is 0 Å². The second-order valence-electron chi connectivity index (χ2n) is 4.58. The number of hydrogen-bond donors (Lipinski definition) is 0. The zero-order valence-electron chi connectivity index (χ0n) is 12.6. The molecule has 0 rings (SSSR count). The molecular formula is C15H30O4. The first-order chi connectivity index (χ1) is 9.31. The Balaban J connectivity index is 3.01. The molecule has 0 aliphatic carbocycles. The maximum Gasteiger partial charge on any atom is 0.132 e. The lowest BCUT2D eigenvalue weighted by molar-refractivity contribution is -0.119. The molecule has 0 bridgehead atoms. The average molecular weight is 274 g/mol. The van der Waals surface area contributed by atoms with E-state index in [2.05, 4.69) is 6.92 Å². The van der Waals surface area contributed by atoms with Crippen LogP contribution in [0.2, 0.25) is 0 Å². The van der Waals surface area contributed by atoms with Crippen molar-refractivity contribution >= 4 is 5.78 Å². The number of hydrogen-bond acceptors (Lipinski definition) is 4. The summed E-state index contributed by atoms with van der Waals surface area (Å²) in [6.45, 7) is 8.11. The second-order valence-corrected chi connectivity index (χ2v) is 4.58. The van der Waals surface area contributed by atoms with Crippen molar-refractivity contribution in [3.63, 3.8) is 0 Å². The van der Waals surface area contributed by atoms with Crippen LogP contribution in [0, 0.1) is 0 Å². The number of ether oxygens (including phenoxy) is 3. The summed E-state index contributed by atoms with van der Waals surface area (Å²) < 4.78 is 16.1. The van der Waals surface area contributed by atoms with Crippen LogP contribution in [-0.4, -0.2) is 45.4 Å². The van der Waals surface area contributed by atoms with Crippen molar-refractivity contribution in [1.82, 2.24) is 0 Å². The Bertz CT molecular complexity index is 195. The third kappa shape index (κ3) is 15.5. The molecule has 4 nitrogen and oxygen atoms in total. The molecule has 0 unspecified atom stereocenters. The highest BCUT2D eigenvalue weighted by atomic mass is 16.5. The molecule has 0 aromatic rings. The van der Waals surface area contributed by atoms with Gasteiger partial charge in [-0.3, -0.25) is 4.79 Å². The van der Waals surface area contributed by atoms with Crippen LogP contribution >= 0.6 is 0 Å². The smallest absolute Gasteiger partial charge is 0.132 e. The second kappa shape index (κ2) is 15.6. The Kier molecular flexibility index (Phi) is 15.2. The summed E-state index contributed by atoms with van der Waals surface area (Å²) in [6, 6.07) is 0. The molecule has 0 aliphatic rings. The molecule has 4 heteroatoms. The van der Waals surface area contributed by atoms with Gasteiger partial charge in [0.05, 0.1) is 26.4 Å². The van der Waals surface area contributed by atoms with Crippen LogP contribution in [0.25, 0.3) is 0 Å². The van der Waals surface area contributed by atoms with E-state index in [9.17, 15) is 4.79 Å². The fourth-order valence-corrected chi connectivity index (χ4v) is 1.56. The fraction of sp³-hybridized carbons (Fsp3) is 0.933. The van der Waals surface area contributed by atoms with Crippen LogP contribution < -0.4 is 0 Å². The van der Waals surface area contributed by atoms with E-state index in [4.69, 9.17) is 14.2 Å². The minimum absolute atomic E-state index is 0.339. The highest BCUT2D eigenvalue weighted by molar-refractivity contribution is 5.78. The predicted molar refractivity (Wildman–Crippen MR) is 76.5 cm³/mol. The van der Waals surface area contributed by atoms with Gasteiger partial charge in [-0.25, -0.2) is 0 Å². The van der Waals surface area contributed by atoms with Crippen molar-refractivity contribution in [3.8, 4) is 0 Å². The van der Waals surface area contributed by atoms with Crippen molar-refractivity contribution in [2.45, 2.75) is 52.4 Å². The summed E-state index contributed by atoms with van der Waals surface area (Å²) in [6.07, 6.45) is 5.36. The molecule has 0 radical (unpaired) electrons. The molecule has 114 valence electrons. The minimum Gasteiger partial charge on any atom is -0.379 e. The number of unbranched alkanes of at least 4 members (excludes halogenated alkanes) is 1. The molecule has 19 heavy (non-hydrogen) atoms. The third-order valence-corrected chi connectivity index (χ3v) is 2.66. The van der Waals surface area contributed by atoms with Gasteiger partial charge >= 0.3 is 0 Å². The Labute approximate surface area is 117 Å². The van der Waals surface area contributed by atoms with E-state index in [1.54, 1.807) is 0 Å². The topological polar surface area (TPSA) is 44.8 Å². The normalized spacial score (nSPS) is 10.8. The fourth-order valence-electron chi connectivity index (χ4n) is 1.56. The molecule has 0 N–H and O–H groups in total. The van der Waals surface area contributed by atoms with Crippen LogP contribution in [0.5, 0.6) is 0 Å². The van der Waals surface area contributed by atoms with E-state index in [0.717, 1.165) is 32.3 Å². The summed E-state index contributed by atoms with van der Waals surface area (Å²) in [4.78, 5) is 11.2. The highest BCUT2D eigenvalue weighted by Crippen LogP contribution is 1.98. The Morgan fingerprint density at radius 1 is 0.684 bits per heavy atom. The molecule has 0 saturated carbocycles. The van der Waals surface area contributed by atoms with E-state index in [0.29, 0.717) is 51.7 Å². The Hall–Kier alpha value is -0.450. The van der Waals surface area contributed by atoms with Crippen LogP contribution in [0.3, 0.4) is 0 Å².